The van der Waals surface area contributed by atoms with Crippen LogP contribution in [-0.4, -0.2) is 27.8 Å². The lowest BCUT2D eigenvalue weighted by atomic mass is 9.68. The highest BCUT2D eigenvalue weighted by molar-refractivity contribution is 5.53. The number of hydrogen-bond donors (Lipinski definition) is 4. The second kappa shape index (κ2) is 4.52. The number of alkyl halides is 2. The molecule has 1 saturated carbocycles. The zero-order chi connectivity index (χ0) is 14.3. The molecule has 0 heterocycles. The molecule has 0 bridgehead atoms. The van der Waals surface area contributed by atoms with Gasteiger partial charge < -0.3 is 21.1 Å². The maximum atomic E-state index is 13.3. The van der Waals surface area contributed by atoms with E-state index in [0.29, 0.717) is 0 Å². The van der Waals surface area contributed by atoms with Crippen LogP contribution < -0.4 is 5.73 Å². The zero-order valence-corrected chi connectivity index (χ0v) is 10.4. The van der Waals surface area contributed by atoms with E-state index in [1.54, 1.807) is 0 Å². The SMILES string of the molecule is NCC1(c2c(O)cc(O)cc2O)CCC(F)(F)CC1. The van der Waals surface area contributed by atoms with E-state index in [1.807, 2.05) is 0 Å². The van der Waals surface area contributed by atoms with Gasteiger partial charge in [-0.1, -0.05) is 0 Å². The summed E-state index contributed by atoms with van der Waals surface area (Å²) in [5, 5.41) is 29.1. The molecular formula is C13H17F2NO3. The van der Waals surface area contributed by atoms with E-state index in [4.69, 9.17) is 5.73 Å². The van der Waals surface area contributed by atoms with Crippen LogP contribution >= 0.6 is 0 Å². The minimum Gasteiger partial charge on any atom is -0.508 e. The highest BCUT2D eigenvalue weighted by atomic mass is 19.3. The Kier molecular flexibility index (Phi) is 3.30. The van der Waals surface area contributed by atoms with Crippen molar-refractivity contribution in [2.75, 3.05) is 6.54 Å². The topological polar surface area (TPSA) is 86.7 Å². The third-order valence-corrected chi connectivity index (χ3v) is 3.94. The Morgan fingerprint density at radius 3 is 1.89 bits per heavy atom. The number of phenolic OH excluding ortho intramolecular Hbond substituents is 3. The minimum absolute atomic E-state index is 0.0506. The molecule has 1 aliphatic carbocycles. The van der Waals surface area contributed by atoms with E-state index in [-0.39, 0.29) is 55.0 Å². The van der Waals surface area contributed by atoms with E-state index in [0.717, 1.165) is 12.1 Å². The van der Waals surface area contributed by atoms with E-state index < -0.39 is 11.3 Å². The predicted octanol–water partition coefficient (Wildman–Crippen LogP) is 2.21. The van der Waals surface area contributed by atoms with Crippen LogP contribution in [0.15, 0.2) is 12.1 Å². The Bertz CT molecular complexity index is 458. The van der Waals surface area contributed by atoms with Gasteiger partial charge in [-0.3, -0.25) is 0 Å². The van der Waals surface area contributed by atoms with Crippen LogP contribution in [0, 0.1) is 0 Å². The highest BCUT2D eigenvalue weighted by Gasteiger charge is 2.45. The molecule has 6 heteroatoms. The van der Waals surface area contributed by atoms with Gasteiger partial charge in [-0.25, -0.2) is 8.78 Å². The van der Waals surface area contributed by atoms with Crippen LogP contribution in [0.4, 0.5) is 8.78 Å². The summed E-state index contributed by atoms with van der Waals surface area (Å²) in [6.45, 7) is 0.0506. The normalized spacial score (nSPS) is 21.2. The van der Waals surface area contributed by atoms with Crippen molar-refractivity contribution < 1.29 is 24.1 Å². The quantitative estimate of drug-likeness (QED) is 0.665. The van der Waals surface area contributed by atoms with Crippen molar-refractivity contribution in [3.05, 3.63) is 17.7 Å². The van der Waals surface area contributed by atoms with Gasteiger partial charge in [-0.2, -0.15) is 0 Å². The third-order valence-electron chi connectivity index (χ3n) is 3.94. The van der Waals surface area contributed by atoms with Gasteiger partial charge >= 0.3 is 0 Å². The molecule has 1 fully saturated rings. The van der Waals surface area contributed by atoms with Crippen molar-refractivity contribution in [3.8, 4) is 17.2 Å². The van der Waals surface area contributed by atoms with Crippen molar-refractivity contribution in [1.29, 1.82) is 0 Å². The first-order valence-corrected chi connectivity index (χ1v) is 6.13. The summed E-state index contributed by atoms with van der Waals surface area (Å²) >= 11 is 0. The lowest BCUT2D eigenvalue weighted by Gasteiger charge is -2.40. The van der Waals surface area contributed by atoms with E-state index >= 15 is 0 Å². The lowest BCUT2D eigenvalue weighted by molar-refractivity contribution is -0.0514. The number of aromatic hydroxyl groups is 3. The van der Waals surface area contributed by atoms with Crippen molar-refractivity contribution >= 4 is 0 Å². The van der Waals surface area contributed by atoms with Gasteiger partial charge in [0.25, 0.3) is 0 Å². The zero-order valence-electron chi connectivity index (χ0n) is 10.4. The molecule has 1 aromatic rings. The largest absolute Gasteiger partial charge is 0.508 e. The number of phenols is 3. The van der Waals surface area contributed by atoms with Crippen molar-refractivity contribution in [1.82, 2.24) is 0 Å². The molecule has 0 spiro atoms. The number of rotatable bonds is 2. The Labute approximate surface area is 109 Å². The first kappa shape index (κ1) is 13.9. The minimum atomic E-state index is -2.72. The molecule has 1 aliphatic rings. The summed E-state index contributed by atoms with van der Waals surface area (Å²) in [5.74, 6) is -3.63. The summed E-state index contributed by atoms with van der Waals surface area (Å²) in [7, 11) is 0. The summed E-state index contributed by atoms with van der Waals surface area (Å²) in [5.41, 5.74) is 4.99. The third kappa shape index (κ3) is 2.45. The van der Waals surface area contributed by atoms with E-state index in [2.05, 4.69) is 0 Å². The Hall–Kier alpha value is -1.56. The van der Waals surface area contributed by atoms with Gasteiger partial charge in [0.05, 0.1) is 0 Å². The lowest BCUT2D eigenvalue weighted by Crippen LogP contribution is -2.42. The first-order chi connectivity index (χ1) is 8.80. The maximum absolute atomic E-state index is 13.3. The molecule has 4 nitrogen and oxygen atoms in total. The summed E-state index contributed by atoms with van der Waals surface area (Å²) in [4.78, 5) is 0. The van der Waals surface area contributed by atoms with Crippen LogP contribution in [0.25, 0.3) is 0 Å². The number of benzene rings is 1. The van der Waals surface area contributed by atoms with Crippen molar-refractivity contribution in [2.24, 2.45) is 5.73 Å². The summed E-state index contributed by atoms with van der Waals surface area (Å²) in [6, 6.07) is 2.17. The predicted molar refractivity (Wildman–Crippen MR) is 65.6 cm³/mol. The van der Waals surface area contributed by atoms with Gasteiger partial charge in [-0.05, 0) is 12.8 Å². The standard InChI is InChI=1S/C13H17F2NO3/c14-13(15)3-1-12(7-16,2-4-13)11-9(18)5-8(17)6-10(11)19/h5-6,17-19H,1-4,7,16H2. The average molecular weight is 273 g/mol. The highest BCUT2D eigenvalue weighted by Crippen LogP contribution is 2.50. The van der Waals surface area contributed by atoms with Crippen molar-refractivity contribution in [3.63, 3.8) is 0 Å². The van der Waals surface area contributed by atoms with Crippen LogP contribution in [0.5, 0.6) is 17.2 Å². The molecule has 0 radical (unpaired) electrons. The number of halogens is 2. The average Bonchev–Trinajstić information content (AvgIpc) is 2.30. The van der Waals surface area contributed by atoms with Crippen LogP contribution in [0.1, 0.15) is 31.2 Å². The monoisotopic (exact) mass is 273 g/mol. The number of nitrogens with two attached hydrogens (primary N) is 1. The van der Waals surface area contributed by atoms with E-state index in [1.165, 1.54) is 0 Å². The second-order valence-corrected chi connectivity index (χ2v) is 5.20. The molecule has 5 N–H and O–H groups in total. The maximum Gasteiger partial charge on any atom is 0.248 e. The second-order valence-electron chi connectivity index (χ2n) is 5.20. The molecule has 106 valence electrons. The van der Waals surface area contributed by atoms with Crippen molar-refractivity contribution in [2.45, 2.75) is 37.0 Å². The smallest absolute Gasteiger partial charge is 0.248 e. The van der Waals surface area contributed by atoms with Gasteiger partial charge in [0, 0.05) is 42.5 Å². The molecule has 0 aliphatic heterocycles. The van der Waals surface area contributed by atoms with Crippen LogP contribution in [0.2, 0.25) is 0 Å². The molecule has 2 rings (SSSR count). The molecule has 0 saturated heterocycles. The van der Waals surface area contributed by atoms with Crippen LogP contribution in [-0.2, 0) is 5.41 Å². The fourth-order valence-corrected chi connectivity index (χ4v) is 2.79. The summed E-state index contributed by atoms with van der Waals surface area (Å²) in [6.07, 6.45) is -0.487. The van der Waals surface area contributed by atoms with Crippen LogP contribution in [0.3, 0.4) is 0 Å². The van der Waals surface area contributed by atoms with E-state index in [9.17, 15) is 24.1 Å². The molecule has 0 unspecified atom stereocenters. The Morgan fingerprint density at radius 2 is 1.47 bits per heavy atom. The van der Waals surface area contributed by atoms with Gasteiger partial charge in [0.2, 0.25) is 5.92 Å². The molecule has 0 amide bonds. The Morgan fingerprint density at radius 1 is 1.00 bits per heavy atom. The number of hydrogen-bond acceptors (Lipinski definition) is 4. The van der Waals surface area contributed by atoms with Gasteiger partial charge in [0.1, 0.15) is 17.2 Å². The molecule has 1 aromatic carbocycles. The molecule has 19 heavy (non-hydrogen) atoms. The van der Waals surface area contributed by atoms with Gasteiger partial charge in [0.15, 0.2) is 0 Å². The molecular weight excluding hydrogens is 256 g/mol. The first-order valence-electron chi connectivity index (χ1n) is 6.13. The fraction of sp³-hybridized carbons (Fsp3) is 0.538. The fourth-order valence-electron chi connectivity index (χ4n) is 2.79. The molecule has 0 atom stereocenters. The Balaban J connectivity index is 2.43. The van der Waals surface area contributed by atoms with Gasteiger partial charge in [-0.15, -0.1) is 0 Å². The summed E-state index contributed by atoms with van der Waals surface area (Å²) < 4.78 is 26.5. The molecule has 0 aromatic heterocycles.